The van der Waals surface area contributed by atoms with Crippen molar-refractivity contribution in [1.29, 1.82) is 0 Å². The summed E-state index contributed by atoms with van der Waals surface area (Å²) in [5.41, 5.74) is 2.39. The van der Waals surface area contributed by atoms with Crippen LogP contribution in [0.4, 0.5) is 0 Å². The number of esters is 1. The topological polar surface area (TPSA) is 68.5 Å². The Morgan fingerprint density at radius 1 is 1.23 bits per heavy atom. The van der Waals surface area contributed by atoms with Gasteiger partial charge in [-0.05, 0) is 36.1 Å². The lowest BCUT2D eigenvalue weighted by atomic mass is 9.85. The predicted molar refractivity (Wildman–Crippen MR) is 84.4 cm³/mol. The maximum absolute atomic E-state index is 11.7. The maximum Gasteiger partial charge on any atom is 0.337 e. The molecule has 0 aliphatic carbocycles. The minimum atomic E-state index is -1.000. The Kier molecular flexibility index (Phi) is 4.00. The van der Waals surface area contributed by atoms with Gasteiger partial charge < -0.3 is 14.4 Å². The molecule has 0 aliphatic heterocycles. The van der Waals surface area contributed by atoms with E-state index in [-0.39, 0.29) is 17.5 Å². The molecule has 5 nitrogen and oxygen atoms in total. The van der Waals surface area contributed by atoms with E-state index in [2.05, 4.69) is 0 Å². The molecule has 0 saturated heterocycles. The second-order valence-electron chi connectivity index (χ2n) is 6.46. The van der Waals surface area contributed by atoms with Gasteiger partial charge in [-0.15, -0.1) is 0 Å². The number of aryl methyl sites for hydroxylation is 1. The molecule has 0 spiro atoms. The smallest absolute Gasteiger partial charge is 0.337 e. The van der Waals surface area contributed by atoms with Gasteiger partial charge in [-0.2, -0.15) is 0 Å². The number of carboxylic acid groups (broad SMARTS) is 1. The van der Waals surface area contributed by atoms with E-state index in [1.54, 1.807) is 10.6 Å². The summed E-state index contributed by atoms with van der Waals surface area (Å²) in [7, 11) is 1.32. The van der Waals surface area contributed by atoms with Crippen LogP contribution in [0.1, 0.15) is 42.4 Å². The molecular formula is C17H21NO4. The molecule has 0 aliphatic rings. The first-order valence-corrected chi connectivity index (χ1v) is 7.09. The molecule has 2 rings (SSSR count). The SMILES string of the molecule is COC(=O)Cn1c(C)cc2cc(C(C)(C)C)cc(C(=O)O)c21. The average Bonchev–Trinajstić information content (AvgIpc) is 2.72. The highest BCUT2D eigenvalue weighted by Crippen LogP contribution is 2.31. The number of hydrogen-bond donors (Lipinski definition) is 1. The van der Waals surface area contributed by atoms with Gasteiger partial charge >= 0.3 is 11.9 Å². The monoisotopic (exact) mass is 303 g/mol. The Labute approximate surface area is 129 Å². The van der Waals surface area contributed by atoms with E-state index in [1.807, 2.05) is 39.8 Å². The van der Waals surface area contributed by atoms with Crippen molar-refractivity contribution in [2.75, 3.05) is 7.11 Å². The Morgan fingerprint density at radius 2 is 1.86 bits per heavy atom. The van der Waals surface area contributed by atoms with Gasteiger partial charge in [-0.25, -0.2) is 4.79 Å². The van der Waals surface area contributed by atoms with Crippen molar-refractivity contribution >= 4 is 22.8 Å². The van der Waals surface area contributed by atoms with Crippen molar-refractivity contribution in [3.63, 3.8) is 0 Å². The van der Waals surface area contributed by atoms with E-state index in [9.17, 15) is 14.7 Å². The molecule has 0 unspecified atom stereocenters. The summed E-state index contributed by atoms with van der Waals surface area (Å²) < 4.78 is 6.39. The molecule has 0 amide bonds. The Bertz CT molecular complexity index is 750. The Balaban J connectivity index is 2.77. The lowest BCUT2D eigenvalue weighted by molar-refractivity contribution is -0.141. The zero-order valence-corrected chi connectivity index (χ0v) is 13.6. The molecule has 1 aromatic carbocycles. The van der Waals surface area contributed by atoms with Crippen LogP contribution in [0.25, 0.3) is 10.9 Å². The summed E-state index contributed by atoms with van der Waals surface area (Å²) >= 11 is 0. The number of carbonyl (C=O) groups excluding carboxylic acids is 1. The van der Waals surface area contributed by atoms with Crippen LogP contribution in [0.15, 0.2) is 18.2 Å². The zero-order valence-electron chi connectivity index (χ0n) is 13.6. The number of fused-ring (bicyclic) bond motifs is 1. The minimum Gasteiger partial charge on any atom is -0.478 e. The van der Waals surface area contributed by atoms with Crippen molar-refractivity contribution < 1.29 is 19.4 Å². The fraction of sp³-hybridized carbons (Fsp3) is 0.412. The third kappa shape index (κ3) is 2.84. The van der Waals surface area contributed by atoms with Crippen LogP contribution in [0.5, 0.6) is 0 Å². The van der Waals surface area contributed by atoms with Crippen molar-refractivity contribution in [2.45, 2.75) is 39.7 Å². The Morgan fingerprint density at radius 3 is 2.36 bits per heavy atom. The molecule has 5 heteroatoms. The normalized spacial score (nSPS) is 11.7. The van der Waals surface area contributed by atoms with Gasteiger partial charge in [0.25, 0.3) is 0 Å². The van der Waals surface area contributed by atoms with Crippen LogP contribution >= 0.6 is 0 Å². The molecule has 0 saturated carbocycles. The first-order chi connectivity index (χ1) is 10.1. The fourth-order valence-electron chi connectivity index (χ4n) is 2.54. The van der Waals surface area contributed by atoms with Gasteiger partial charge in [0.1, 0.15) is 6.54 Å². The number of aromatic nitrogens is 1. The third-order valence-corrected chi connectivity index (χ3v) is 3.81. The fourth-order valence-corrected chi connectivity index (χ4v) is 2.54. The third-order valence-electron chi connectivity index (χ3n) is 3.81. The van der Waals surface area contributed by atoms with E-state index >= 15 is 0 Å². The molecule has 0 fully saturated rings. The maximum atomic E-state index is 11.7. The number of nitrogens with zero attached hydrogens (tertiary/aromatic N) is 1. The minimum absolute atomic E-state index is 0.000970. The van der Waals surface area contributed by atoms with Crippen molar-refractivity contribution in [3.05, 3.63) is 35.0 Å². The first-order valence-electron chi connectivity index (χ1n) is 7.09. The summed E-state index contributed by atoms with van der Waals surface area (Å²) in [6.45, 7) is 7.97. The van der Waals surface area contributed by atoms with Crippen molar-refractivity contribution in [2.24, 2.45) is 0 Å². The molecule has 0 atom stereocenters. The van der Waals surface area contributed by atoms with Gasteiger partial charge in [-0.1, -0.05) is 20.8 Å². The highest BCUT2D eigenvalue weighted by Gasteiger charge is 2.22. The lowest BCUT2D eigenvalue weighted by Gasteiger charge is -2.20. The average molecular weight is 303 g/mol. The molecule has 1 N–H and O–H groups in total. The quantitative estimate of drug-likeness (QED) is 0.885. The van der Waals surface area contributed by atoms with Gasteiger partial charge in [0.05, 0.1) is 18.2 Å². The largest absolute Gasteiger partial charge is 0.478 e. The summed E-state index contributed by atoms with van der Waals surface area (Å²) in [6, 6.07) is 5.58. The molecule has 2 aromatic rings. The molecule has 118 valence electrons. The second-order valence-corrected chi connectivity index (χ2v) is 6.46. The van der Waals surface area contributed by atoms with E-state index in [0.717, 1.165) is 16.6 Å². The molecule has 1 heterocycles. The van der Waals surface area contributed by atoms with Crippen molar-refractivity contribution in [1.82, 2.24) is 4.57 Å². The number of hydrogen-bond acceptors (Lipinski definition) is 3. The number of rotatable bonds is 3. The molecule has 0 radical (unpaired) electrons. The zero-order chi connectivity index (χ0) is 16.7. The first kappa shape index (κ1) is 16.1. The summed E-state index contributed by atoms with van der Waals surface area (Å²) in [5, 5.41) is 10.4. The Hall–Kier alpha value is -2.30. The molecule has 0 bridgehead atoms. The van der Waals surface area contributed by atoms with E-state index in [0.29, 0.717) is 5.52 Å². The molecule has 22 heavy (non-hydrogen) atoms. The summed E-state index contributed by atoms with van der Waals surface area (Å²) in [4.78, 5) is 23.3. The van der Waals surface area contributed by atoms with Crippen LogP contribution in [0, 0.1) is 6.92 Å². The lowest BCUT2D eigenvalue weighted by Crippen LogP contribution is -2.16. The van der Waals surface area contributed by atoms with Crippen LogP contribution in [0.3, 0.4) is 0 Å². The number of ether oxygens (including phenoxy) is 1. The number of methoxy groups -OCH3 is 1. The molecule has 1 aromatic heterocycles. The van der Waals surface area contributed by atoms with Crippen LogP contribution in [0.2, 0.25) is 0 Å². The van der Waals surface area contributed by atoms with E-state index in [4.69, 9.17) is 4.74 Å². The predicted octanol–water partition coefficient (Wildman–Crippen LogP) is 3.12. The van der Waals surface area contributed by atoms with Gasteiger partial charge in [0.2, 0.25) is 0 Å². The number of carboxylic acids is 1. The van der Waals surface area contributed by atoms with Gasteiger partial charge in [-0.3, -0.25) is 4.79 Å². The van der Waals surface area contributed by atoms with Gasteiger partial charge in [0, 0.05) is 11.1 Å². The second kappa shape index (κ2) is 5.48. The highest BCUT2D eigenvalue weighted by molar-refractivity contribution is 6.03. The van der Waals surface area contributed by atoms with Gasteiger partial charge in [0.15, 0.2) is 0 Å². The van der Waals surface area contributed by atoms with E-state index < -0.39 is 11.9 Å². The summed E-state index contributed by atoms with van der Waals surface area (Å²) in [6.07, 6.45) is 0. The number of benzene rings is 1. The van der Waals surface area contributed by atoms with Crippen LogP contribution in [-0.4, -0.2) is 28.7 Å². The highest BCUT2D eigenvalue weighted by atomic mass is 16.5. The number of aromatic carboxylic acids is 1. The standard InChI is InChI=1S/C17H21NO4/c1-10-6-11-7-12(17(2,3)4)8-13(16(20)21)15(11)18(10)9-14(19)22-5/h6-8H,9H2,1-5H3,(H,20,21). The number of carbonyl (C=O) groups is 2. The van der Waals surface area contributed by atoms with E-state index in [1.165, 1.54) is 7.11 Å². The molecular weight excluding hydrogens is 282 g/mol. The summed E-state index contributed by atoms with van der Waals surface area (Å²) in [5.74, 6) is -1.41. The van der Waals surface area contributed by atoms with Crippen LogP contribution in [-0.2, 0) is 21.5 Å². The van der Waals surface area contributed by atoms with Crippen LogP contribution < -0.4 is 0 Å². The van der Waals surface area contributed by atoms with Crippen molar-refractivity contribution in [3.8, 4) is 0 Å².